The Balaban J connectivity index is 1.61. The Morgan fingerprint density at radius 3 is 2.73 bits per heavy atom. The van der Waals surface area contributed by atoms with Gasteiger partial charge in [-0.2, -0.15) is 5.10 Å². The average Bonchev–Trinajstić information content (AvgIpc) is 3.22. The molecule has 0 fully saturated rings. The molecule has 2 aromatic heterocycles. The number of allylic oxidation sites excluding steroid dienone is 2. The summed E-state index contributed by atoms with van der Waals surface area (Å²) in [6.07, 6.45) is 4.85. The van der Waals surface area contributed by atoms with Gasteiger partial charge in [-0.1, -0.05) is 24.3 Å². The molecule has 0 bridgehead atoms. The Labute approximate surface area is 176 Å². The zero-order valence-corrected chi connectivity index (χ0v) is 16.8. The molecule has 4 rings (SSSR count). The quantitative estimate of drug-likeness (QED) is 0.369. The van der Waals surface area contributed by atoms with E-state index in [9.17, 15) is 14.9 Å². The predicted molar refractivity (Wildman–Crippen MR) is 113 cm³/mol. The Hall–Kier alpha value is -3.59. The lowest BCUT2D eigenvalue weighted by atomic mass is 9.92. The van der Waals surface area contributed by atoms with Crippen molar-refractivity contribution in [1.82, 2.24) is 20.2 Å². The van der Waals surface area contributed by atoms with Crippen LogP contribution in [0.5, 0.6) is 0 Å². The number of H-pyrrole nitrogens is 1. The maximum Gasteiger partial charge on any atom is 0.297 e. The number of nitro groups is 1. The fourth-order valence-electron chi connectivity index (χ4n) is 3.11. The zero-order chi connectivity index (χ0) is 21.1. The number of aromatic amines is 1. The monoisotopic (exact) mass is 419 g/mol. The van der Waals surface area contributed by atoms with E-state index in [1.807, 2.05) is 43.3 Å². The molecule has 0 saturated carbocycles. The molecule has 1 aromatic carbocycles. The molecule has 1 unspecified atom stereocenters. The van der Waals surface area contributed by atoms with E-state index in [2.05, 4.69) is 20.2 Å². The number of carbonyl (C=O) groups is 1. The number of thioether (sulfide) groups is 1. The van der Waals surface area contributed by atoms with Crippen molar-refractivity contribution in [3.05, 3.63) is 88.0 Å². The fourth-order valence-corrected chi connectivity index (χ4v) is 4.05. The molecule has 150 valence electrons. The van der Waals surface area contributed by atoms with E-state index >= 15 is 0 Å². The summed E-state index contributed by atoms with van der Waals surface area (Å²) < 4.78 is 0. The van der Waals surface area contributed by atoms with Gasteiger partial charge in [0.05, 0.1) is 5.57 Å². The molecule has 1 aliphatic rings. The summed E-state index contributed by atoms with van der Waals surface area (Å²) in [6, 6.07) is 11.7. The van der Waals surface area contributed by atoms with Crippen molar-refractivity contribution in [3.8, 4) is 11.4 Å². The van der Waals surface area contributed by atoms with Gasteiger partial charge in [0.1, 0.15) is 0 Å². The van der Waals surface area contributed by atoms with Gasteiger partial charge in [0, 0.05) is 38.6 Å². The van der Waals surface area contributed by atoms with E-state index in [1.165, 1.54) is 11.8 Å². The van der Waals surface area contributed by atoms with Gasteiger partial charge in [0.15, 0.2) is 11.6 Å². The fraction of sp³-hybridized carbons (Fsp3) is 0.143. The number of rotatable bonds is 6. The van der Waals surface area contributed by atoms with Crippen LogP contribution in [0.15, 0.2) is 71.3 Å². The second-order valence-electron chi connectivity index (χ2n) is 6.67. The smallest absolute Gasteiger partial charge is 0.286 e. The van der Waals surface area contributed by atoms with Crippen molar-refractivity contribution in [2.75, 3.05) is 5.75 Å². The Morgan fingerprint density at radius 2 is 2.00 bits per heavy atom. The summed E-state index contributed by atoms with van der Waals surface area (Å²) in [7, 11) is 0. The van der Waals surface area contributed by atoms with Crippen LogP contribution in [0.1, 0.15) is 11.5 Å². The summed E-state index contributed by atoms with van der Waals surface area (Å²) in [6.45, 7) is 1.86. The minimum absolute atomic E-state index is 0.124. The summed E-state index contributed by atoms with van der Waals surface area (Å²) in [4.78, 5) is 33.5. The highest BCUT2D eigenvalue weighted by atomic mass is 32.2. The van der Waals surface area contributed by atoms with Crippen LogP contribution >= 0.6 is 11.8 Å². The number of hydrogen-bond acceptors (Lipinski definition) is 7. The first kappa shape index (κ1) is 19.7. The molecule has 2 heterocycles. The van der Waals surface area contributed by atoms with Crippen LogP contribution in [0, 0.1) is 17.0 Å². The maximum absolute atomic E-state index is 12.9. The zero-order valence-electron chi connectivity index (χ0n) is 16.0. The first-order chi connectivity index (χ1) is 14.5. The standard InChI is InChI=1S/C21H17N5O3S/c1-13-11-14(9-10-22-13)20-23-21(25-24-20)17-8-7-15(18(19(17)27)26(28)29)12-30-16-5-3-2-4-6-16/h2-11,18H,12H2,1H3,(H,23,24,25). The molecule has 1 N–H and O–H groups in total. The van der Waals surface area contributed by atoms with Crippen LogP contribution in [0.25, 0.3) is 17.0 Å². The number of pyridine rings is 1. The number of hydrogen-bond donors (Lipinski definition) is 1. The van der Waals surface area contributed by atoms with Crippen LogP contribution in [-0.4, -0.2) is 42.7 Å². The number of Topliss-reactive ketones (excluding diaryl/α,β-unsaturated/α-hetero) is 1. The van der Waals surface area contributed by atoms with Gasteiger partial charge in [-0.15, -0.1) is 11.8 Å². The number of aryl methyl sites for hydroxylation is 1. The average molecular weight is 419 g/mol. The van der Waals surface area contributed by atoms with Crippen LogP contribution < -0.4 is 0 Å². The third-order valence-corrected chi connectivity index (χ3v) is 5.67. The molecular formula is C21H17N5O3S. The topological polar surface area (TPSA) is 115 Å². The first-order valence-electron chi connectivity index (χ1n) is 9.15. The van der Waals surface area contributed by atoms with Crippen molar-refractivity contribution >= 4 is 23.1 Å². The minimum atomic E-state index is -1.44. The minimum Gasteiger partial charge on any atom is -0.286 e. The van der Waals surface area contributed by atoms with Gasteiger partial charge in [-0.25, -0.2) is 4.98 Å². The number of ketones is 1. The number of aromatic nitrogens is 4. The van der Waals surface area contributed by atoms with Crippen LogP contribution in [-0.2, 0) is 4.79 Å². The van der Waals surface area contributed by atoms with Crippen LogP contribution in [0.2, 0.25) is 0 Å². The van der Waals surface area contributed by atoms with Gasteiger partial charge in [0.25, 0.3) is 6.04 Å². The normalized spacial score (nSPS) is 16.2. The highest BCUT2D eigenvalue weighted by Crippen LogP contribution is 2.29. The number of nitrogens with one attached hydrogen (secondary N) is 1. The van der Waals surface area contributed by atoms with E-state index in [-0.39, 0.29) is 11.4 Å². The van der Waals surface area contributed by atoms with Crippen LogP contribution in [0.4, 0.5) is 0 Å². The molecule has 9 heteroatoms. The summed E-state index contributed by atoms with van der Waals surface area (Å²) in [5.74, 6) is 0.349. The molecule has 0 aliphatic heterocycles. The predicted octanol–water partition coefficient (Wildman–Crippen LogP) is 3.51. The SMILES string of the molecule is Cc1cc(-c2nc(C3=CC=C(CSc4ccccc4)C([N+](=O)[O-])C3=O)n[nH]2)ccn1. The number of nitrogens with zero attached hydrogens (tertiary/aromatic N) is 4. The molecule has 3 aromatic rings. The van der Waals surface area contributed by atoms with Gasteiger partial charge in [0.2, 0.25) is 5.78 Å². The molecule has 0 spiro atoms. The van der Waals surface area contributed by atoms with Crippen LogP contribution in [0.3, 0.4) is 0 Å². The van der Waals surface area contributed by atoms with Gasteiger partial charge in [-0.05, 0) is 37.3 Å². The van der Waals surface area contributed by atoms with Crippen molar-refractivity contribution in [1.29, 1.82) is 0 Å². The van der Waals surface area contributed by atoms with E-state index in [4.69, 9.17) is 0 Å². The summed E-state index contributed by atoms with van der Waals surface area (Å²) in [5.41, 5.74) is 2.16. The lowest BCUT2D eigenvalue weighted by Crippen LogP contribution is -2.35. The molecule has 1 aliphatic carbocycles. The number of benzene rings is 1. The third-order valence-electron chi connectivity index (χ3n) is 4.59. The molecule has 0 radical (unpaired) electrons. The summed E-state index contributed by atoms with van der Waals surface area (Å²) in [5, 5.41) is 18.6. The Bertz CT molecular complexity index is 1170. The Kier molecular flexibility index (Phi) is 5.53. The molecular weight excluding hydrogens is 402 g/mol. The van der Waals surface area contributed by atoms with Crippen molar-refractivity contribution in [2.24, 2.45) is 0 Å². The highest BCUT2D eigenvalue weighted by Gasteiger charge is 2.39. The molecule has 0 amide bonds. The third kappa shape index (κ3) is 4.06. The van der Waals surface area contributed by atoms with Gasteiger partial charge in [-0.3, -0.25) is 25.0 Å². The molecule has 1 atom stereocenters. The molecule has 0 saturated heterocycles. The van der Waals surface area contributed by atoms with E-state index < -0.39 is 16.7 Å². The van der Waals surface area contributed by atoms with E-state index in [0.717, 1.165) is 16.2 Å². The van der Waals surface area contributed by atoms with E-state index in [1.54, 1.807) is 24.4 Å². The highest BCUT2D eigenvalue weighted by molar-refractivity contribution is 7.99. The molecule has 8 nitrogen and oxygen atoms in total. The molecule has 30 heavy (non-hydrogen) atoms. The number of carbonyl (C=O) groups excluding carboxylic acids is 1. The van der Waals surface area contributed by atoms with Crippen molar-refractivity contribution in [3.63, 3.8) is 0 Å². The maximum atomic E-state index is 12.9. The first-order valence-corrected chi connectivity index (χ1v) is 10.1. The second-order valence-corrected chi connectivity index (χ2v) is 7.72. The van der Waals surface area contributed by atoms with E-state index in [0.29, 0.717) is 17.2 Å². The van der Waals surface area contributed by atoms with Crippen molar-refractivity contribution < 1.29 is 9.72 Å². The van der Waals surface area contributed by atoms with Gasteiger partial charge < -0.3 is 0 Å². The lowest BCUT2D eigenvalue weighted by Gasteiger charge is -2.16. The van der Waals surface area contributed by atoms with Gasteiger partial charge >= 0.3 is 0 Å². The van der Waals surface area contributed by atoms with Crippen molar-refractivity contribution in [2.45, 2.75) is 17.9 Å². The summed E-state index contributed by atoms with van der Waals surface area (Å²) >= 11 is 1.45. The second kappa shape index (κ2) is 8.42. The lowest BCUT2D eigenvalue weighted by molar-refractivity contribution is -0.496. The Morgan fingerprint density at radius 1 is 1.20 bits per heavy atom. The largest absolute Gasteiger partial charge is 0.297 e.